The second-order valence-electron chi connectivity index (χ2n) is 13.1. The minimum atomic E-state index is -3.45. The maximum atomic E-state index is 15.3. The number of aryl methyl sites for hydroxylation is 1. The van der Waals surface area contributed by atoms with E-state index in [9.17, 15) is 27.5 Å². The number of pyridine rings is 2. The Labute approximate surface area is 281 Å². The van der Waals surface area contributed by atoms with Gasteiger partial charge in [-0.1, -0.05) is 5.92 Å². The van der Waals surface area contributed by atoms with Crippen molar-refractivity contribution in [3.8, 4) is 23.0 Å². The number of rotatable bonds is 8. The molecule has 2 N–H and O–H groups in total. The number of nitrogens with one attached hydrogen (secondary N) is 1. The zero-order valence-corrected chi connectivity index (χ0v) is 26.9. The summed E-state index contributed by atoms with van der Waals surface area (Å²) in [5.74, 6) is -1.93. The molecular weight excluding hydrogens is 664 g/mol. The predicted molar refractivity (Wildman–Crippen MR) is 167 cm³/mol. The van der Waals surface area contributed by atoms with Gasteiger partial charge in [0.05, 0.1) is 11.7 Å². The van der Waals surface area contributed by atoms with E-state index < -0.39 is 71.3 Å². The predicted octanol–water partition coefficient (Wildman–Crippen LogP) is 5.94. The summed E-state index contributed by atoms with van der Waals surface area (Å²) in [7, 11) is 0. The number of carbonyl (C=O) groups excluding carboxylic acids is 1. The van der Waals surface area contributed by atoms with Gasteiger partial charge in [0.25, 0.3) is 12.3 Å². The molecule has 0 aliphatic heterocycles. The fourth-order valence-corrected chi connectivity index (χ4v) is 6.63. The highest BCUT2D eigenvalue weighted by atomic mass is 19.3. The first-order valence-corrected chi connectivity index (χ1v) is 15.7. The Balaban J connectivity index is 1.34. The first kappa shape index (κ1) is 33.3. The molecule has 15 heteroatoms. The van der Waals surface area contributed by atoms with Crippen LogP contribution in [0.2, 0.25) is 0 Å². The lowest BCUT2D eigenvalue weighted by atomic mass is 9.95. The molecule has 3 atom stereocenters. The van der Waals surface area contributed by atoms with Gasteiger partial charge in [0.2, 0.25) is 5.91 Å². The Morgan fingerprint density at radius 2 is 1.84 bits per heavy atom. The molecule has 1 aromatic carbocycles. The first-order chi connectivity index (χ1) is 23.6. The third kappa shape index (κ3) is 6.08. The number of nitrogens with zero attached hydrogens (tertiary/aromatic N) is 6. The Hall–Kier alpha value is -5.23. The number of alkyl halides is 4. The van der Waals surface area contributed by atoms with E-state index in [0.717, 1.165) is 12.1 Å². The van der Waals surface area contributed by atoms with Crippen LogP contribution in [-0.2, 0) is 23.7 Å². The van der Waals surface area contributed by atoms with E-state index in [0.29, 0.717) is 33.3 Å². The summed E-state index contributed by atoms with van der Waals surface area (Å²) in [6.45, 7) is 3.86. The molecular formula is C35H29F6N7O2. The minimum Gasteiger partial charge on any atom is -0.378 e. The minimum absolute atomic E-state index is 0.0589. The van der Waals surface area contributed by atoms with Crippen molar-refractivity contribution >= 4 is 11.6 Å². The van der Waals surface area contributed by atoms with Gasteiger partial charge in [0, 0.05) is 34.9 Å². The Morgan fingerprint density at radius 3 is 2.54 bits per heavy atom. The van der Waals surface area contributed by atoms with Crippen LogP contribution in [0, 0.1) is 36.3 Å². The summed E-state index contributed by atoms with van der Waals surface area (Å²) >= 11 is 0. The lowest BCUT2D eigenvalue weighted by Gasteiger charge is -2.23. The van der Waals surface area contributed by atoms with Crippen LogP contribution < -0.4 is 5.32 Å². The van der Waals surface area contributed by atoms with E-state index in [1.165, 1.54) is 13.8 Å². The van der Waals surface area contributed by atoms with Gasteiger partial charge in [-0.3, -0.25) is 13.9 Å². The van der Waals surface area contributed by atoms with E-state index in [1.54, 1.807) is 41.8 Å². The van der Waals surface area contributed by atoms with E-state index in [2.05, 4.69) is 32.5 Å². The molecule has 1 unspecified atom stereocenters. The number of amides is 1. The molecule has 4 heterocycles. The number of aliphatic hydroxyl groups is 1. The fourth-order valence-electron chi connectivity index (χ4n) is 6.63. The number of aromatic nitrogens is 6. The van der Waals surface area contributed by atoms with Crippen molar-refractivity contribution in [3.63, 3.8) is 0 Å². The van der Waals surface area contributed by atoms with Crippen LogP contribution in [0.15, 0.2) is 48.7 Å². The van der Waals surface area contributed by atoms with Crippen molar-refractivity contribution in [1.29, 1.82) is 0 Å². The van der Waals surface area contributed by atoms with Gasteiger partial charge in [0.15, 0.2) is 5.65 Å². The van der Waals surface area contributed by atoms with Crippen LogP contribution in [0.1, 0.15) is 78.4 Å². The van der Waals surface area contributed by atoms with Crippen molar-refractivity contribution in [3.05, 3.63) is 100 Å². The van der Waals surface area contributed by atoms with E-state index in [4.69, 9.17) is 4.98 Å². The van der Waals surface area contributed by atoms with Crippen molar-refractivity contribution in [2.24, 2.45) is 5.92 Å². The molecule has 0 spiro atoms. The molecule has 1 amide bonds. The zero-order valence-electron chi connectivity index (χ0n) is 26.9. The Bertz CT molecular complexity index is 2210. The molecule has 0 bridgehead atoms. The Morgan fingerprint density at radius 1 is 1.10 bits per heavy atom. The number of hydrogen-bond donors (Lipinski definition) is 2. The highest BCUT2D eigenvalue weighted by Gasteiger charge is 2.67. The summed E-state index contributed by atoms with van der Waals surface area (Å²) in [5.41, 5.74) is -1.26. The number of halogens is 6. The number of carbonyl (C=O) groups is 1. The average molecular weight is 694 g/mol. The molecule has 50 heavy (non-hydrogen) atoms. The lowest BCUT2D eigenvalue weighted by molar-refractivity contribution is -0.123. The second kappa shape index (κ2) is 12.0. The molecule has 1 saturated carbocycles. The van der Waals surface area contributed by atoms with Gasteiger partial charge in [-0.25, -0.2) is 22.5 Å². The fraction of sp³-hybridized carbons (Fsp3) is 0.343. The third-order valence-corrected chi connectivity index (χ3v) is 8.80. The largest absolute Gasteiger partial charge is 0.378 e. The van der Waals surface area contributed by atoms with Crippen LogP contribution in [0.25, 0.3) is 16.8 Å². The summed E-state index contributed by atoms with van der Waals surface area (Å²) in [5, 5.41) is 25.1. The average Bonchev–Trinajstić information content (AvgIpc) is 3.54. The zero-order chi connectivity index (χ0) is 35.7. The maximum absolute atomic E-state index is 15.3. The summed E-state index contributed by atoms with van der Waals surface area (Å²) in [4.78, 5) is 18.4. The Kier molecular flexibility index (Phi) is 7.97. The smallest absolute Gasteiger partial charge is 0.293 e. The SMILES string of the molecule is Cc1nnc2c(-c3ccc(C#CC(C)(C)O)nc3[C@H](Cc3cc(F)cc(F)c3)NC(=O)Cn3nc(C(F)F)c4c3C(F)(F)[C@@H]3CC43)cccn12. The molecule has 1 fully saturated rings. The molecule has 0 radical (unpaired) electrons. The lowest BCUT2D eigenvalue weighted by Crippen LogP contribution is -2.35. The number of hydrogen-bond acceptors (Lipinski definition) is 6. The third-order valence-electron chi connectivity index (χ3n) is 8.80. The normalized spacial score (nSPS) is 18.1. The topological polar surface area (TPSA) is 110 Å². The standard InChI is InChI=1S/C35H29F6N7O2/c1-17-44-45-33-23(5-4-10-47(17)33)22-7-6-21(8-9-34(2,3)50)42-29(22)26(13-18-11-19(36)14-20(37)12-18)43-27(49)16-48-31-28(30(46-48)32(38)39)24-15-25(24)35(31,40)41/h4-7,10-12,14,24-26,32,50H,13,15-16H2,1-3H3,(H,43,49)/t24?,25-,26+/m1/s1. The van der Waals surface area contributed by atoms with Gasteiger partial charge in [-0.15, -0.1) is 10.2 Å². The van der Waals surface area contributed by atoms with Gasteiger partial charge < -0.3 is 10.4 Å². The summed E-state index contributed by atoms with van der Waals surface area (Å²) in [6, 6.07) is 8.36. The highest BCUT2D eigenvalue weighted by Crippen LogP contribution is 2.68. The molecule has 258 valence electrons. The van der Waals surface area contributed by atoms with E-state index >= 15 is 8.78 Å². The van der Waals surface area contributed by atoms with Crippen LogP contribution in [0.3, 0.4) is 0 Å². The molecule has 2 aliphatic carbocycles. The number of fused-ring (bicyclic) bond motifs is 4. The van der Waals surface area contributed by atoms with Crippen molar-refractivity contribution < 1.29 is 36.2 Å². The summed E-state index contributed by atoms with van der Waals surface area (Å²) in [6.07, 6.45) is -1.56. The molecule has 0 saturated heterocycles. The van der Waals surface area contributed by atoms with Crippen molar-refractivity contribution in [2.45, 2.75) is 70.1 Å². The van der Waals surface area contributed by atoms with Crippen molar-refractivity contribution in [2.75, 3.05) is 0 Å². The van der Waals surface area contributed by atoms with Gasteiger partial charge >= 0.3 is 0 Å². The first-order valence-electron chi connectivity index (χ1n) is 15.7. The van der Waals surface area contributed by atoms with Crippen LogP contribution in [-0.4, -0.2) is 46.0 Å². The van der Waals surface area contributed by atoms with Crippen LogP contribution in [0.4, 0.5) is 26.3 Å². The molecule has 2 aliphatic rings. The summed E-state index contributed by atoms with van der Waals surface area (Å²) < 4.78 is 89.5. The van der Waals surface area contributed by atoms with Crippen molar-refractivity contribution in [1.82, 2.24) is 34.7 Å². The van der Waals surface area contributed by atoms with Crippen LogP contribution in [0.5, 0.6) is 0 Å². The van der Waals surface area contributed by atoms with Crippen LogP contribution >= 0.6 is 0 Å². The molecule has 9 nitrogen and oxygen atoms in total. The quantitative estimate of drug-likeness (QED) is 0.154. The van der Waals surface area contributed by atoms with Gasteiger partial charge in [-0.2, -0.15) is 13.9 Å². The van der Waals surface area contributed by atoms with E-state index in [1.807, 2.05) is 0 Å². The number of benzene rings is 1. The van der Waals surface area contributed by atoms with E-state index in [-0.39, 0.29) is 35.4 Å². The molecule has 4 aromatic heterocycles. The second-order valence-corrected chi connectivity index (χ2v) is 13.1. The van der Waals surface area contributed by atoms with Gasteiger partial charge in [-0.05, 0) is 87.4 Å². The van der Waals surface area contributed by atoms with Gasteiger partial charge in [0.1, 0.15) is 46.7 Å². The molecule has 7 rings (SSSR count). The monoisotopic (exact) mass is 693 g/mol. The highest BCUT2D eigenvalue weighted by molar-refractivity contribution is 5.81. The molecule has 5 aromatic rings. The maximum Gasteiger partial charge on any atom is 0.293 e.